The Bertz CT molecular complexity index is 913. The first-order chi connectivity index (χ1) is 12.5. The van der Waals surface area contributed by atoms with Crippen molar-refractivity contribution in [1.82, 2.24) is 14.9 Å². The first kappa shape index (κ1) is 18.5. The minimum Gasteiger partial charge on any atom is -0.336 e. The topological polar surface area (TPSA) is 85.8 Å². The lowest BCUT2D eigenvalue weighted by Gasteiger charge is -2.08. The maximum atomic E-state index is 12.2. The smallest absolute Gasteiger partial charge is 0.234 e. The number of carbonyl (C=O) groups is 1. The second kappa shape index (κ2) is 8.37. The molecule has 0 unspecified atom stereocenters. The molecule has 26 heavy (non-hydrogen) atoms. The number of hydrogen-bond donors (Lipinski definition) is 2. The van der Waals surface area contributed by atoms with Crippen molar-refractivity contribution in [2.75, 3.05) is 16.9 Å². The molecular weight excluding hydrogens is 414 g/mol. The van der Waals surface area contributed by atoms with Gasteiger partial charge in [0, 0.05) is 16.6 Å². The number of hydrogen-bond acceptors (Lipinski definition) is 5. The molecule has 1 aromatic heterocycles. The molecule has 1 heterocycles. The van der Waals surface area contributed by atoms with E-state index in [1.54, 1.807) is 0 Å². The van der Waals surface area contributed by atoms with Gasteiger partial charge in [-0.2, -0.15) is 0 Å². The molecule has 3 N–H and O–H groups in total. The molecule has 1 amide bonds. The number of rotatable bonds is 6. The molecule has 6 nitrogen and oxygen atoms in total. The molecule has 0 aliphatic carbocycles. The number of nitrogens with two attached hydrogens (primary N) is 1. The highest BCUT2D eigenvalue weighted by Crippen LogP contribution is 2.21. The first-order valence-electron chi connectivity index (χ1n) is 7.95. The van der Waals surface area contributed by atoms with E-state index in [-0.39, 0.29) is 11.7 Å². The van der Waals surface area contributed by atoms with Gasteiger partial charge in [-0.1, -0.05) is 58.0 Å². The maximum absolute atomic E-state index is 12.2. The summed E-state index contributed by atoms with van der Waals surface area (Å²) in [6.07, 6.45) is 0.592. The highest BCUT2D eigenvalue weighted by atomic mass is 79.9. The van der Waals surface area contributed by atoms with Crippen LogP contribution in [0.3, 0.4) is 0 Å². The highest BCUT2D eigenvalue weighted by molar-refractivity contribution is 9.10. The van der Waals surface area contributed by atoms with Crippen molar-refractivity contribution in [2.24, 2.45) is 0 Å². The number of aryl methyl sites for hydroxylation is 1. The summed E-state index contributed by atoms with van der Waals surface area (Å²) in [4.78, 5) is 12.2. The highest BCUT2D eigenvalue weighted by Gasteiger charge is 2.13. The van der Waals surface area contributed by atoms with Crippen molar-refractivity contribution >= 4 is 39.3 Å². The van der Waals surface area contributed by atoms with Crippen LogP contribution in [-0.4, -0.2) is 26.5 Å². The molecule has 0 aliphatic heterocycles. The summed E-state index contributed by atoms with van der Waals surface area (Å²) in [5.74, 6) is 6.81. The Labute approximate surface area is 164 Å². The number of anilines is 1. The second-order valence-corrected chi connectivity index (χ2v) is 7.59. The van der Waals surface area contributed by atoms with E-state index >= 15 is 0 Å². The van der Waals surface area contributed by atoms with Gasteiger partial charge in [-0.15, -0.1) is 10.2 Å². The summed E-state index contributed by atoms with van der Waals surface area (Å²) in [5.41, 5.74) is 2.88. The summed E-state index contributed by atoms with van der Waals surface area (Å²) >= 11 is 4.67. The first-order valence-corrected chi connectivity index (χ1v) is 9.73. The van der Waals surface area contributed by atoms with Crippen LogP contribution in [0.4, 0.5) is 5.69 Å². The molecule has 3 aromatic rings. The molecule has 134 valence electrons. The van der Waals surface area contributed by atoms with Crippen LogP contribution in [0.15, 0.2) is 58.2 Å². The summed E-state index contributed by atoms with van der Waals surface area (Å²) in [6.45, 7) is 1.94. The zero-order valence-corrected chi connectivity index (χ0v) is 16.5. The van der Waals surface area contributed by atoms with Crippen molar-refractivity contribution in [1.29, 1.82) is 0 Å². The average molecular weight is 432 g/mol. The lowest BCUT2D eigenvalue weighted by Crippen LogP contribution is -2.17. The van der Waals surface area contributed by atoms with Gasteiger partial charge < -0.3 is 11.2 Å². The van der Waals surface area contributed by atoms with Gasteiger partial charge in [0.05, 0.1) is 5.75 Å². The average Bonchev–Trinajstić information content (AvgIpc) is 2.96. The normalized spacial score (nSPS) is 10.7. The third kappa shape index (κ3) is 4.64. The van der Waals surface area contributed by atoms with E-state index in [2.05, 4.69) is 31.4 Å². The predicted molar refractivity (Wildman–Crippen MR) is 108 cm³/mol. The Morgan fingerprint density at radius 2 is 2.00 bits per heavy atom. The van der Waals surface area contributed by atoms with Crippen molar-refractivity contribution < 1.29 is 4.79 Å². The quantitative estimate of drug-likeness (QED) is 0.461. The van der Waals surface area contributed by atoms with Crippen LogP contribution in [0.1, 0.15) is 17.0 Å². The van der Waals surface area contributed by atoms with Crippen LogP contribution in [0.25, 0.3) is 0 Å². The van der Waals surface area contributed by atoms with Crippen molar-refractivity contribution in [2.45, 2.75) is 18.5 Å². The number of benzene rings is 2. The van der Waals surface area contributed by atoms with Crippen LogP contribution < -0.4 is 11.2 Å². The number of thioether (sulfide) groups is 1. The van der Waals surface area contributed by atoms with Gasteiger partial charge in [0.15, 0.2) is 5.82 Å². The molecule has 2 aromatic carbocycles. The Morgan fingerprint density at radius 1 is 1.23 bits per heavy atom. The van der Waals surface area contributed by atoms with E-state index in [1.165, 1.54) is 16.4 Å². The number of nitrogen functional groups attached to an aromatic ring is 1. The van der Waals surface area contributed by atoms with Crippen molar-refractivity contribution in [3.63, 3.8) is 0 Å². The molecule has 0 atom stereocenters. The minimum atomic E-state index is -0.118. The fourth-order valence-electron chi connectivity index (χ4n) is 2.39. The van der Waals surface area contributed by atoms with Gasteiger partial charge in [-0.3, -0.25) is 4.79 Å². The molecule has 0 bridgehead atoms. The SMILES string of the molecule is Cc1cc(Br)ccc1NC(=O)CSc1nnc(Cc2ccccc2)n1N. The minimum absolute atomic E-state index is 0.118. The lowest BCUT2D eigenvalue weighted by molar-refractivity contribution is -0.113. The van der Waals surface area contributed by atoms with Gasteiger partial charge in [-0.25, -0.2) is 4.68 Å². The molecule has 0 radical (unpaired) electrons. The lowest BCUT2D eigenvalue weighted by atomic mass is 10.1. The third-order valence-electron chi connectivity index (χ3n) is 3.74. The predicted octanol–water partition coefficient (Wildman–Crippen LogP) is 3.38. The standard InChI is InChI=1S/C18H18BrN5OS/c1-12-9-14(19)7-8-15(12)21-17(25)11-26-18-23-22-16(24(18)20)10-13-5-3-2-4-6-13/h2-9H,10-11,20H2,1H3,(H,21,25). The van der Waals surface area contributed by atoms with E-state index < -0.39 is 0 Å². The Balaban J connectivity index is 1.58. The third-order valence-corrected chi connectivity index (χ3v) is 5.17. The van der Waals surface area contributed by atoms with Gasteiger partial charge in [0.1, 0.15) is 0 Å². The molecule has 0 spiro atoms. The molecule has 0 saturated carbocycles. The van der Waals surface area contributed by atoms with Crippen molar-refractivity contribution in [3.05, 3.63) is 70.0 Å². The van der Waals surface area contributed by atoms with Gasteiger partial charge >= 0.3 is 0 Å². The Morgan fingerprint density at radius 3 is 2.73 bits per heavy atom. The number of nitrogens with zero attached hydrogens (tertiary/aromatic N) is 3. The summed E-state index contributed by atoms with van der Waals surface area (Å²) in [7, 11) is 0. The summed E-state index contributed by atoms with van der Waals surface area (Å²) < 4.78 is 2.42. The van der Waals surface area contributed by atoms with Crippen LogP contribution in [0, 0.1) is 6.92 Å². The van der Waals surface area contributed by atoms with Crippen LogP contribution >= 0.6 is 27.7 Å². The zero-order chi connectivity index (χ0) is 18.5. The van der Waals surface area contributed by atoms with E-state index in [0.717, 1.165) is 21.3 Å². The zero-order valence-electron chi connectivity index (χ0n) is 14.1. The van der Waals surface area contributed by atoms with Gasteiger partial charge in [-0.05, 0) is 36.2 Å². The van der Waals surface area contributed by atoms with E-state index in [4.69, 9.17) is 5.84 Å². The van der Waals surface area contributed by atoms with E-state index in [1.807, 2.05) is 55.5 Å². The van der Waals surface area contributed by atoms with E-state index in [9.17, 15) is 4.79 Å². The van der Waals surface area contributed by atoms with Crippen LogP contribution in [-0.2, 0) is 11.2 Å². The Kier molecular flexibility index (Phi) is 5.95. The van der Waals surface area contributed by atoms with Crippen molar-refractivity contribution in [3.8, 4) is 0 Å². The monoisotopic (exact) mass is 431 g/mol. The van der Waals surface area contributed by atoms with Crippen LogP contribution in [0.5, 0.6) is 0 Å². The molecule has 8 heteroatoms. The van der Waals surface area contributed by atoms with E-state index in [0.29, 0.717) is 17.4 Å². The molecule has 0 fully saturated rings. The number of nitrogens with one attached hydrogen (secondary N) is 1. The second-order valence-electron chi connectivity index (χ2n) is 5.73. The maximum Gasteiger partial charge on any atom is 0.234 e. The Hall–Kier alpha value is -2.32. The molecule has 0 saturated heterocycles. The number of carbonyl (C=O) groups excluding carboxylic acids is 1. The number of halogens is 1. The summed E-state index contributed by atoms with van der Waals surface area (Å²) in [6, 6.07) is 15.6. The van der Waals surface area contributed by atoms with Gasteiger partial charge in [0.25, 0.3) is 0 Å². The number of aromatic nitrogens is 3. The number of amides is 1. The summed E-state index contributed by atoms with van der Waals surface area (Å²) in [5, 5.41) is 11.6. The largest absolute Gasteiger partial charge is 0.336 e. The fraction of sp³-hybridized carbons (Fsp3) is 0.167. The molecule has 3 rings (SSSR count). The molecular formula is C18H18BrN5OS. The fourth-order valence-corrected chi connectivity index (χ4v) is 3.54. The van der Waals surface area contributed by atoms with Crippen LogP contribution in [0.2, 0.25) is 0 Å². The van der Waals surface area contributed by atoms with Gasteiger partial charge in [0.2, 0.25) is 11.1 Å². The molecule has 0 aliphatic rings.